The van der Waals surface area contributed by atoms with Crippen LogP contribution in [-0.4, -0.2) is 42.8 Å². The normalized spacial score (nSPS) is 15.8. The maximum Gasteiger partial charge on any atom is 0.321 e. The van der Waals surface area contributed by atoms with Crippen LogP contribution in [0.3, 0.4) is 0 Å². The zero-order chi connectivity index (χ0) is 16.8. The third-order valence-electron chi connectivity index (χ3n) is 3.68. The van der Waals surface area contributed by atoms with Crippen molar-refractivity contribution in [3.8, 4) is 5.75 Å². The van der Waals surface area contributed by atoms with Crippen LogP contribution < -0.4 is 10.1 Å². The van der Waals surface area contributed by atoms with Crippen LogP contribution in [0.25, 0.3) is 0 Å². The molecule has 5 nitrogen and oxygen atoms in total. The first-order valence-electron chi connectivity index (χ1n) is 8.13. The third kappa shape index (κ3) is 5.10. The standard InChI is InChI=1S/C17H25FN2O3/c1-4-22-14-7-9-20(10-8-14)17(21)19-15-11-13(18)5-6-16(15)23-12(2)3/h5-6,11-12,14H,4,7-10H2,1-3H3,(H,19,21). The predicted octanol–water partition coefficient (Wildman–Crippen LogP) is 3.65. The number of nitrogens with one attached hydrogen (secondary N) is 1. The topological polar surface area (TPSA) is 50.8 Å². The molecule has 0 spiro atoms. The Morgan fingerprint density at radius 2 is 2.09 bits per heavy atom. The second-order valence-corrected chi connectivity index (χ2v) is 5.88. The molecular formula is C17H25FN2O3. The molecule has 128 valence electrons. The molecule has 23 heavy (non-hydrogen) atoms. The van der Waals surface area contributed by atoms with Crippen LogP contribution in [0.2, 0.25) is 0 Å². The predicted molar refractivity (Wildman–Crippen MR) is 87.4 cm³/mol. The number of halogens is 1. The fourth-order valence-corrected chi connectivity index (χ4v) is 2.61. The Hall–Kier alpha value is -1.82. The number of nitrogens with zero attached hydrogens (tertiary/aromatic N) is 1. The van der Waals surface area contributed by atoms with Gasteiger partial charge in [0.15, 0.2) is 0 Å². The van der Waals surface area contributed by atoms with Gasteiger partial charge in [-0.25, -0.2) is 9.18 Å². The number of hydrogen-bond donors (Lipinski definition) is 1. The van der Waals surface area contributed by atoms with E-state index in [0.29, 0.717) is 31.1 Å². The smallest absolute Gasteiger partial charge is 0.321 e. The van der Waals surface area contributed by atoms with E-state index in [1.807, 2.05) is 20.8 Å². The first kappa shape index (κ1) is 17.5. The lowest BCUT2D eigenvalue weighted by Gasteiger charge is -2.32. The molecule has 1 aromatic rings. The quantitative estimate of drug-likeness (QED) is 0.899. The minimum absolute atomic E-state index is 0.0574. The summed E-state index contributed by atoms with van der Waals surface area (Å²) >= 11 is 0. The molecule has 0 bridgehead atoms. The Bertz CT molecular complexity index is 529. The Labute approximate surface area is 136 Å². The van der Waals surface area contributed by atoms with Crippen LogP contribution >= 0.6 is 0 Å². The lowest BCUT2D eigenvalue weighted by molar-refractivity contribution is 0.0232. The van der Waals surface area contributed by atoms with Crippen molar-refractivity contribution in [1.82, 2.24) is 4.90 Å². The molecule has 1 N–H and O–H groups in total. The average Bonchev–Trinajstić information content (AvgIpc) is 2.50. The summed E-state index contributed by atoms with van der Waals surface area (Å²) in [5.41, 5.74) is 0.357. The first-order valence-corrected chi connectivity index (χ1v) is 8.13. The van der Waals surface area contributed by atoms with Gasteiger partial charge in [-0.3, -0.25) is 0 Å². The van der Waals surface area contributed by atoms with Crippen molar-refractivity contribution < 1.29 is 18.7 Å². The lowest BCUT2D eigenvalue weighted by atomic mass is 10.1. The van der Waals surface area contributed by atoms with Gasteiger partial charge in [-0.1, -0.05) is 0 Å². The largest absolute Gasteiger partial charge is 0.489 e. The maximum atomic E-state index is 13.5. The van der Waals surface area contributed by atoms with Crippen molar-refractivity contribution in [3.05, 3.63) is 24.0 Å². The molecule has 2 rings (SSSR count). The number of piperidine rings is 1. The molecule has 0 aliphatic carbocycles. The summed E-state index contributed by atoms with van der Waals surface area (Å²) in [7, 11) is 0. The molecule has 0 unspecified atom stereocenters. The fraction of sp³-hybridized carbons (Fsp3) is 0.588. The number of anilines is 1. The van der Waals surface area contributed by atoms with Gasteiger partial charge >= 0.3 is 6.03 Å². The molecule has 1 aliphatic rings. The van der Waals surface area contributed by atoms with E-state index in [0.717, 1.165) is 12.8 Å². The van der Waals surface area contributed by atoms with Crippen molar-refractivity contribution in [2.75, 3.05) is 25.0 Å². The number of rotatable bonds is 5. The third-order valence-corrected chi connectivity index (χ3v) is 3.68. The highest BCUT2D eigenvalue weighted by Gasteiger charge is 2.23. The minimum atomic E-state index is -0.411. The van der Waals surface area contributed by atoms with Gasteiger partial charge in [0, 0.05) is 25.8 Å². The van der Waals surface area contributed by atoms with Crippen molar-refractivity contribution >= 4 is 11.7 Å². The van der Waals surface area contributed by atoms with Gasteiger partial charge in [0.25, 0.3) is 0 Å². The van der Waals surface area contributed by atoms with E-state index in [4.69, 9.17) is 9.47 Å². The van der Waals surface area contributed by atoms with E-state index < -0.39 is 5.82 Å². The molecule has 0 aromatic heterocycles. The van der Waals surface area contributed by atoms with Crippen LogP contribution in [-0.2, 0) is 4.74 Å². The van der Waals surface area contributed by atoms with E-state index >= 15 is 0 Å². The number of amides is 2. The molecule has 1 aliphatic heterocycles. The van der Waals surface area contributed by atoms with Crippen molar-refractivity contribution in [1.29, 1.82) is 0 Å². The highest BCUT2D eigenvalue weighted by atomic mass is 19.1. The molecule has 6 heteroatoms. The van der Waals surface area contributed by atoms with Crippen LogP contribution in [0.4, 0.5) is 14.9 Å². The molecule has 1 aromatic carbocycles. The van der Waals surface area contributed by atoms with Gasteiger partial charge in [-0.05, 0) is 45.7 Å². The zero-order valence-electron chi connectivity index (χ0n) is 14.0. The summed E-state index contributed by atoms with van der Waals surface area (Å²) in [5, 5.41) is 2.75. The highest BCUT2D eigenvalue weighted by molar-refractivity contribution is 5.91. The minimum Gasteiger partial charge on any atom is -0.489 e. The molecule has 1 heterocycles. The second kappa shape index (κ2) is 8.15. The number of hydrogen-bond acceptors (Lipinski definition) is 3. The number of benzene rings is 1. The summed E-state index contributed by atoms with van der Waals surface area (Å²) < 4.78 is 24.7. The summed E-state index contributed by atoms with van der Waals surface area (Å²) in [6.07, 6.45) is 1.80. The van der Waals surface area contributed by atoms with Gasteiger partial charge in [0.05, 0.1) is 17.9 Å². The number of urea groups is 1. The second-order valence-electron chi connectivity index (χ2n) is 5.88. The van der Waals surface area contributed by atoms with E-state index in [1.165, 1.54) is 18.2 Å². The fourth-order valence-electron chi connectivity index (χ4n) is 2.61. The molecule has 0 saturated carbocycles. The summed E-state index contributed by atoms with van der Waals surface area (Å²) in [5.74, 6) is 0.0606. The molecule has 0 radical (unpaired) electrons. The van der Waals surface area contributed by atoms with Gasteiger partial charge in [0.2, 0.25) is 0 Å². The SMILES string of the molecule is CCOC1CCN(C(=O)Nc2cc(F)ccc2OC(C)C)CC1. The molecule has 1 fully saturated rings. The molecule has 2 amide bonds. The summed E-state index contributed by atoms with van der Waals surface area (Å²) in [6.45, 7) is 7.69. The van der Waals surface area contributed by atoms with E-state index in [1.54, 1.807) is 4.90 Å². The Morgan fingerprint density at radius 1 is 1.39 bits per heavy atom. The number of likely N-dealkylation sites (tertiary alicyclic amines) is 1. The van der Waals surface area contributed by atoms with Gasteiger partial charge in [0.1, 0.15) is 11.6 Å². The van der Waals surface area contributed by atoms with Gasteiger partial charge in [-0.15, -0.1) is 0 Å². The van der Waals surface area contributed by atoms with Crippen molar-refractivity contribution in [3.63, 3.8) is 0 Å². The van der Waals surface area contributed by atoms with Crippen LogP contribution in [0, 0.1) is 5.82 Å². The molecule has 0 atom stereocenters. The number of carbonyl (C=O) groups excluding carboxylic acids is 1. The number of carbonyl (C=O) groups is 1. The molecule has 1 saturated heterocycles. The zero-order valence-corrected chi connectivity index (χ0v) is 14.0. The lowest BCUT2D eigenvalue weighted by Crippen LogP contribution is -2.43. The van der Waals surface area contributed by atoms with Crippen LogP contribution in [0.5, 0.6) is 5.75 Å². The first-order chi connectivity index (χ1) is 11.0. The summed E-state index contributed by atoms with van der Waals surface area (Å²) in [4.78, 5) is 14.1. The van der Waals surface area contributed by atoms with Crippen molar-refractivity contribution in [2.24, 2.45) is 0 Å². The van der Waals surface area contributed by atoms with E-state index in [2.05, 4.69) is 5.32 Å². The van der Waals surface area contributed by atoms with Crippen LogP contribution in [0.1, 0.15) is 33.6 Å². The Kier molecular flexibility index (Phi) is 6.21. The summed E-state index contributed by atoms with van der Waals surface area (Å²) in [6, 6.07) is 3.90. The Balaban J connectivity index is 1.99. The van der Waals surface area contributed by atoms with Gasteiger partial charge < -0.3 is 19.7 Å². The monoisotopic (exact) mass is 324 g/mol. The number of ether oxygens (including phenoxy) is 2. The van der Waals surface area contributed by atoms with Crippen LogP contribution in [0.15, 0.2) is 18.2 Å². The maximum absolute atomic E-state index is 13.5. The Morgan fingerprint density at radius 3 is 2.70 bits per heavy atom. The van der Waals surface area contributed by atoms with E-state index in [-0.39, 0.29) is 18.2 Å². The average molecular weight is 324 g/mol. The van der Waals surface area contributed by atoms with Gasteiger partial charge in [-0.2, -0.15) is 0 Å². The molecular weight excluding hydrogens is 299 g/mol. The highest BCUT2D eigenvalue weighted by Crippen LogP contribution is 2.27. The van der Waals surface area contributed by atoms with Crippen molar-refractivity contribution in [2.45, 2.75) is 45.8 Å². The van der Waals surface area contributed by atoms with E-state index in [9.17, 15) is 9.18 Å².